The van der Waals surface area contributed by atoms with Crippen LogP contribution < -0.4 is 0 Å². The Morgan fingerprint density at radius 3 is 1.69 bits per heavy atom. The fourth-order valence-corrected chi connectivity index (χ4v) is 6.38. The van der Waals surface area contributed by atoms with Gasteiger partial charge in [-0.2, -0.15) is 0 Å². The number of fused-ring (bicyclic) bond motifs is 5. The zero-order valence-electron chi connectivity index (χ0n) is 25.4. The molecule has 7 aromatic rings. The molecule has 2 aromatic heterocycles. The van der Waals surface area contributed by atoms with E-state index >= 15 is 0 Å². The molecular weight excluding hydrogens is 508 g/mol. The van der Waals surface area contributed by atoms with E-state index in [0.29, 0.717) is 0 Å². The third kappa shape index (κ3) is 4.25. The summed E-state index contributed by atoms with van der Waals surface area (Å²) in [7, 11) is 0. The lowest BCUT2D eigenvalue weighted by Gasteiger charge is -2.20. The van der Waals surface area contributed by atoms with Gasteiger partial charge in [0.25, 0.3) is 0 Å². The maximum Gasteiger partial charge on any atom is 0.0548 e. The van der Waals surface area contributed by atoms with Crippen LogP contribution in [0.2, 0.25) is 0 Å². The molecule has 0 spiro atoms. The molecule has 0 amide bonds. The van der Waals surface area contributed by atoms with E-state index in [0.717, 1.165) is 11.2 Å². The smallest absolute Gasteiger partial charge is 0.0548 e. The Morgan fingerprint density at radius 1 is 0.500 bits per heavy atom. The van der Waals surface area contributed by atoms with Crippen LogP contribution in [0.4, 0.5) is 0 Å². The standard InChI is InChI=1S/C40H38N2/c1-39(2,3)28-20-16-26(17-21-28)35-37-32(41-38(35)27-18-22-29(23-19-27)40(4,5)6)24-25-34-36(37)31-14-10-11-15-33(31)42(34)30-12-8-7-9-13-30/h7-25,41H,1-6H3. The second-order valence-corrected chi connectivity index (χ2v) is 13.6. The minimum absolute atomic E-state index is 0.0979. The summed E-state index contributed by atoms with van der Waals surface area (Å²) in [6.45, 7) is 13.6. The van der Waals surface area contributed by atoms with Gasteiger partial charge in [0.1, 0.15) is 0 Å². The number of para-hydroxylation sites is 2. The van der Waals surface area contributed by atoms with Crippen molar-refractivity contribution in [2.45, 2.75) is 52.4 Å². The van der Waals surface area contributed by atoms with Crippen LogP contribution in [0.5, 0.6) is 0 Å². The number of nitrogens with zero attached hydrogens (tertiary/aromatic N) is 1. The zero-order chi connectivity index (χ0) is 29.2. The van der Waals surface area contributed by atoms with Crippen molar-refractivity contribution in [3.05, 3.63) is 126 Å². The molecule has 0 bridgehead atoms. The van der Waals surface area contributed by atoms with E-state index in [1.54, 1.807) is 0 Å². The average Bonchev–Trinajstić information content (AvgIpc) is 3.53. The first-order valence-corrected chi connectivity index (χ1v) is 15.0. The predicted octanol–water partition coefficient (Wildman–Crippen LogP) is 11.2. The number of rotatable bonds is 3. The van der Waals surface area contributed by atoms with E-state index in [9.17, 15) is 0 Å². The Hall–Kier alpha value is -4.56. The van der Waals surface area contributed by atoms with Crippen LogP contribution in [-0.2, 0) is 10.8 Å². The lowest BCUT2D eigenvalue weighted by molar-refractivity contribution is 0.590. The average molecular weight is 547 g/mol. The van der Waals surface area contributed by atoms with Crippen LogP contribution in [0.25, 0.3) is 60.8 Å². The Kier molecular flexibility index (Phi) is 5.95. The number of aromatic nitrogens is 2. The van der Waals surface area contributed by atoms with Gasteiger partial charge in [-0.05, 0) is 63.4 Å². The molecule has 0 unspecified atom stereocenters. The largest absolute Gasteiger partial charge is 0.354 e. The van der Waals surface area contributed by atoms with E-state index in [1.807, 2.05) is 0 Å². The molecule has 2 nitrogen and oxygen atoms in total. The summed E-state index contributed by atoms with van der Waals surface area (Å²) in [5.41, 5.74) is 12.5. The van der Waals surface area contributed by atoms with Gasteiger partial charge in [0.15, 0.2) is 0 Å². The summed E-state index contributed by atoms with van der Waals surface area (Å²) in [5.74, 6) is 0. The van der Waals surface area contributed by atoms with Gasteiger partial charge in [-0.15, -0.1) is 0 Å². The van der Waals surface area contributed by atoms with Gasteiger partial charge in [0.2, 0.25) is 0 Å². The molecular formula is C40H38N2. The van der Waals surface area contributed by atoms with E-state index < -0.39 is 0 Å². The minimum atomic E-state index is 0.0979. The predicted molar refractivity (Wildman–Crippen MR) is 181 cm³/mol. The van der Waals surface area contributed by atoms with Crippen LogP contribution >= 0.6 is 0 Å². The number of aromatic amines is 1. The lowest BCUT2D eigenvalue weighted by Crippen LogP contribution is -2.10. The fourth-order valence-electron chi connectivity index (χ4n) is 6.38. The number of benzene rings is 5. The molecule has 5 aromatic carbocycles. The van der Waals surface area contributed by atoms with Crippen molar-refractivity contribution in [2.75, 3.05) is 0 Å². The molecule has 208 valence electrons. The first kappa shape index (κ1) is 26.3. The number of nitrogens with one attached hydrogen (secondary N) is 1. The van der Waals surface area contributed by atoms with Gasteiger partial charge in [-0.3, -0.25) is 0 Å². The van der Waals surface area contributed by atoms with Crippen molar-refractivity contribution >= 4 is 32.7 Å². The highest BCUT2D eigenvalue weighted by Gasteiger charge is 2.23. The van der Waals surface area contributed by atoms with Gasteiger partial charge in [-0.1, -0.05) is 126 Å². The van der Waals surface area contributed by atoms with Crippen LogP contribution in [0.3, 0.4) is 0 Å². The van der Waals surface area contributed by atoms with Crippen molar-refractivity contribution in [1.29, 1.82) is 0 Å². The number of H-pyrrole nitrogens is 1. The number of hydrogen-bond acceptors (Lipinski definition) is 0. The minimum Gasteiger partial charge on any atom is -0.354 e. The molecule has 0 aliphatic carbocycles. The Morgan fingerprint density at radius 2 is 1.07 bits per heavy atom. The Labute approximate surface area is 248 Å². The van der Waals surface area contributed by atoms with Gasteiger partial charge in [0, 0.05) is 32.9 Å². The second-order valence-electron chi connectivity index (χ2n) is 13.6. The molecule has 0 saturated carbocycles. The third-order valence-electron chi connectivity index (χ3n) is 8.69. The van der Waals surface area contributed by atoms with E-state index in [4.69, 9.17) is 0 Å². The van der Waals surface area contributed by atoms with Gasteiger partial charge in [0.05, 0.1) is 16.7 Å². The van der Waals surface area contributed by atoms with Gasteiger partial charge >= 0.3 is 0 Å². The van der Waals surface area contributed by atoms with Crippen molar-refractivity contribution < 1.29 is 0 Å². The van der Waals surface area contributed by atoms with Crippen molar-refractivity contribution in [3.63, 3.8) is 0 Å². The van der Waals surface area contributed by atoms with Crippen LogP contribution in [-0.4, -0.2) is 9.55 Å². The quantitative estimate of drug-likeness (QED) is 0.227. The summed E-state index contributed by atoms with van der Waals surface area (Å²) in [6.07, 6.45) is 0. The maximum absolute atomic E-state index is 3.88. The lowest BCUT2D eigenvalue weighted by atomic mass is 9.85. The molecule has 0 fully saturated rings. The molecule has 7 rings (SSSR count). The van der Waals surface area contributed by atoms with Crippen molar-refractivity contribution in [2.24, 2.45) is 0 Å². The first-order valence-electron chi connectivity index (χ1n) is 15.0. The SMILES string of the molecule is CC(C)(C)c1ccc(-c2[nH]c3ccc4c(c5ccccc5n4-c4ccccc4)c3c2-c2ccc(C(C)(C)C)cc2)cc1. The molecule has 0 atom stereocenters. The third-order valence-corrected chi connectivity index (χ3v) is 8.69. The molecule has 0 aliphatic rings. The highest BCUT2D eigenvalue weighted by Crippen LogP contribution is 2.45. The topological polar surface area (TPSA) is 20.7 Å². The van der Waals surface area contributed by atoms with Crippen LogP contribution in [0.1, 0.15) is 52.7 Å². The van der Waals surface area contributed by atoms with Crippen molar-refractivity contribution in [1.82, 2.24) is 9.55 Å². The Bertz CT molecular complexity index is 2060. The van der Waals surface area contributed by atoms with Crippen LogP contribution in [0, 0.1) is 0 Å². The summed E-state index contributed by atoms with van der Waals surface area (Å²) in [5, 5.41) is 3.83. The first-order chi connectivity index (χ1) is 20.1. The molecule has 42 heavy (non-hydrogen) atoms. The highest BCUT2D eigenvalue weighted by molar-refractivity contribution is 6.26. The summed E-state index contributed by atoms with van der Waals surface area (Å²) in [4.78, 5) is 3.88. The van der Waals surface area contributed by atoms with Gasteiger partial charge < -0.3 is 9.55 Å². The van der Waals surface area contributed by atoms with E-state index in [-0.39, 0.29) is 10.8 Å². The zero-order valence-corrected chi connectivity index (χ0v) is 25.4. The molecule has 1 N–H and O–H groups in total. The summed E-state index contributed by atoms with van der Waals surface area (Å²) in [6, 6.07) is 42.4. The number of hydrogen-bond donors (Lipinski definition) is 1. The normalized spacial score (nSPS) is 12.5. The fraction of sp³-hybridized carbons (Fsp3) is 0.200. The second kappa shape index (κ2) is 9.49. The summed E-state index contributed by atoms with van der Waals surface area (Å²) >= 11 is 0. The molecule has 0 aliphatic heterocycles. The molecule has 2 heteroatoms. The molecule has 0 radical (unpaired) electrons. The van der Waals surface area contributed by atoms with Crippen LogP contribution in [0.15, 0.2) is 115 Å². The monoisotopic (exact) mass is 546 g/mol. The Balaban J connectivity index is 1.59. The van der Waals surface area contributed by atoms with E-state index in [1.165, 1.54) is 60.7 Å². The summed E-state index contributed by atoms with van der Waals surface area (Å²) < 4.78 is 2.40. The molecule has 2 heterocycles. The molecule has 0 saturated heterocycles. The highest BCUT2D eigenvalue weighted by atomic mass is 15.0. The van der Waals surface area contributed by atoms with E-state index in [2.05, 4.69) is 166 Å². The van der Waals surface area contributed by atoms with Gasteiger partial charge in [-0.25, -0.2) is 0 Å². The maximum atomic E-state index is 3.88. The van der Waals surface area contributed by atoms with Crippen molar-refractivity contribution in [3.8, 4) is 28.1 Å².